The van der Waals surface area contributed by atoms with E-state index >= 15 is 0 Å². The number of allylic oxidation sites excluding steroid dienone is 1. The summed E-state index contributed by atoms with van der Waals surface area (Å²) in [6.07, 6.45) is 3.84. The molecule has 0 aliphatic carbocycles. The lowest BCUT2D eigenvalue weighted by Gasteiger charge is -2.16. The van der Waals surface area contributed by atoms with Crippen LogP contribution >= 0.6 is 0 Å². The van der Waals surface area contributed by atoms with Crippen LogP contribution in [0.25, 0.3) is 0 Å². The van der Waals surface area contributed by atoms with Crippen molar-refractivity contribution in [2.75, 3.05) is 13.1 Å². The van der Waals surface area contributed by atoms with Gasteiger partial charge < -0.3 is 9.64 Å². The third-order valence-corrected chi connectivity index (χ3v) is 3.29. The van der Waals surface area contributed by atoms with Crippen molar-refractivity contribution in [1.82, 2.24) is 14.9 Å². The molecular weight excluding hydrogens is 254 g/mol. The summed E-state index contributed by atoms with van der Waals surface area (Å²) >= 11 is 0. The largest absolute Gasteiger partial charge is 0.458 e. The molecule has 0 bridgehead atoms. The lowest BCUT2D eigenvalue weighted by Crippen LogP contribution is -2.30. The minimum atomic E-state index is -0.0103. The highest BCUT2D eigenvalue weighted by atomic mass is 16.5. The fourth-order valence-electron chi connectivity index (χ4n) is 2.33. The van der Waals surface area contributed by atoms with Crippen molar-refractivity contribution in [1.29, 1.82) is 0 Å². The van der Waals surface area contributed by atoms with Crippen molar-refractivity contribution in [3.8, 4) is 6.01 Å². The van der Waals surface area contributed by atoms with Crippen LogP contribution < -0.4 is 4.74 Å². The van der Waals surface area contributed by atoms with Crippen LogP contribution in [-0.2, 0) is 4.79 Å². The third-order valence-electron chi connectivity index (χ3n) is 3.29. The molecule has 0 saturated carbocycles. The molecule has 0 radical (unpaired) electrons. The average molecular weight is 275 g/mol. The molecule has 5 nitrogen and oxygen atoms in total. The van der Waals surface area contributed by atoms with Crippen molar-refractivity contribution in [2.24, 2.45) is 0 Å². The number of carbonyl (C=O) groups excluding carboxylic acids is 1. The van der Waals surface area contributed by atoms with E-state index < -0.39 is 0 Å². The summed E-state index contributed by atoms with van der Waals surface area (Å²) in [5.41, 5.74) is 1.79. The van der Waals surface area contributed by atoms with E-state index in [2.05, 4.69) is 16.5 Å². The van der Waals surface area contributed by atoms with E-state index in [1.165, 1.54) is 0 Å². The first-order chi connectivity index (χ1) is 9.58. The van der Waals surface area contributed by atoms with Crippen molar-refractivity contribution >= 4 is 5.91 Å². The van der Waals surface area contributed by atoms with Gasteiger partial charge in [0.2, 0.25) is 5.91 Å². The van der Waals surface area contributed by atoms with Gasteiger partial charge in [0.15, 0.2) is 0 Å². The van der Waals surface area contributed by atoms with Gasteiger partial charge in [-0.2, -0.15) is 0 Å². The summed E-state index contributed by atoms with van der Waals surface area (Å²) in [4.78, 5) is 22.3. The molecule has 0 aromatic carbocycles. The minimum Gasteiger partial charge on any atom is -0.458 e. The third kappa shape index (κ3) is 3.79. The molecule has 20 heavy (non-hydrogen) atoms. The summed E-state index contributed by atoms with van der Waals surface area (Å²) in [6, 6.07) is 2.32. The van der Waals surface area contributed by atoms with Crippen LogP contribution in [0.1, 0.15) is 30.7 Å². The second kappa shape index (κ2) is 6.50. The Bertz CT molecular complexity index is 482. The number of likely N-dealkylation sites (tertiary alicyclic amines) is 1. The van der Waals surface area contributed by atoms with Gasteiger partial charge in [-0.3, -0.25) is 4.79 Å². The van der Waals surface area contributed by atoms with Crippen molar-refractivity contribution in [2.45, 2.75) is 39.2 Å². The molecule has 0 N–H and O–H groups in total. The Kier molecular flexibility index (Phi) is 4.71. The second-order valence-electron chi connectivity index (χ2n) is 5.13. The minimum absolute atomic E-state index is 0.0103. The molecule has 0 spiro atoms. The second-order valence-corrected chi connectivity index (χ2v) is 5.13. The zero-order valence-corrected chi connectivity index (χ0v) is 12.1. The maximum Gasteiger partial charge on any atom is 0.317 e. The molecule has 0 unspecified atom stereocenters. The number of amides is 1. The van der Waals surface area contributed by atoms with Crippen molar-refractivity contribution < 1.29 is 9.53 Å². The number of ether oxygens (including phenoxy) is 1. The zero-order chi connectivity index (χ0) is 14.5. The SMILES string of the molecule is C=CCCC(=O)N1CC[C@H](Oc2nc(C)cc(C)n2)C1. The number of rotatable bonds is 5. The van der Waals surface area contributed by atoms with Crippen LogP contribution in [0.4, 0.5) is 0 Å². The Morgan fingerprint density at radius 3 is 2.85 bits per heavy atom. The smallest absolute Gasteiger partial charge is 0.317 e. The summed E-state index contributed by atoms with van der Waals surface area (Å²) < 4.78 is 5.79. The van der Waals surface area contributed by atoms with Crippen molar-refractivity contribution in [3.63, 3.8) is 0 Å². The van der Waals surface area contributed by atoms with Gasteiger partial charge in [0, 0.05) is 30.8 Å². The summed E-state index contributed by atoms with van der Waals surface area (Å²) in [5.74, 6) is 0.164. The molecule has 1 atom stereocenters. The number of hydrogen-bond acceptors (Lipinski definition) is 4. The van der Waals surface area contributed by atoms with Gasteiger partial charge in [0.1, 0.15) is 6.10 Å². The van der Waals surface area contributed by atoms with Crippen LogP contribution in [0.2, 0.25) is 0 Å². The molecule has 2 rings (SSSR count). The molecule has 1 aromatic heterocycles. The highest BCUT2D eigenvalue weighted by Crippen LogP contribution is 2.17. The summed E-state index contributed by atoms with van der Waals surface area (Å²) in [7, 11) is 0. The number of hydrogen-bond donors (Lipinski definition) is 0. The maximum absolute atomic E-state index is 11.9. The Labute approximate surface area is 119 Å². The Balaban J connectivity index is 1.89. The van der Waals surface area contributed by atoms with Gasteiger partial charge in [0.25, 0.3) is 0 Å². The van der Waals surface area contributed by atoms with Gasteiger partial charge in [-0.25, -0.2) is 9.97 Å². The Morgan fingerprint density at radius 2 is 2.20 bits per heavy atom. The van der Waals surface area contributed by atoms with E-state index in [0.717, 1.165) is 30.8 Å². The van der Waals surface area contributed by atoms with Gasteiger partial charge in [-0.1, -0.05) is 6.08 Å². The average Bonchev–Trinajstić information content (AvgIpc) is 2.83. The molecule has 1 aromatic rings. The lowest BCUT2D eigenvalue weighted by atomic mass is 10.3. The van der Waals surface area contributed by atoms with Crippen LogP contribution in [-0.4, -0.2) is 40.0 Å². The first kappa shape index (κ1) is 14.5. The van der Waals surface area contributed by atoms with Crippen LogP contribution in [0.3, 0.4) is 0 Å². The van der Waals surface area contributed by atoms with E-state index in [1.807, 2.05) is 24.8 Å². The fraction of sp³-hybridized carbons (Fsp3) is 0.533. The first-order valence-electron chi connectivity index (χ1n) is 6.96. The molecule has 5 heteroatoms. The highest BCUT2D eigenvalue weighted by molar-refractivity contribution is 5.76. The summed E-state index contributed by atoms with van der Waals surface area (Å²) in [6.45, 7) is 8.83. The number of aryl methyl sites for hydroxylation is 2. The Morgan fingerprint density at radius 1 is 1.50 bits per heavy atom. The standard InChI is InChI=1S/C15H21N3O2/c1-4-5-6-14(19)18-8-7-13(10-18)20-15-16-11(2)9-12(3)17-15/h4,9,13H,1,5-8,10H2,2-3H3/t13-/m0/s1. The van der Waals surface area contributed by atoms with E-state index in [4.69, 9.17) is 4.74 Å². The lowest BCUT2D eigenvalue weighted by molar-refractivity contribution is -0.130. The molecule has 2 heterocycles. The predicted octanol–water partition coefficient (Wildman–Crippen LogP) is 2.04. The number of aromatic nitrogens is 2. The number of carbonyl (C=O) groups is 1. The fourth-order valence-corrected chi connectivity index (χ4v) is 2.33. The van der Waals surface area contributed by atoms with E-state index in [9.17, 15) is 4.79 Å². The molecular formula is C15H21N3O2. The summed E-state index contributed by atoms with van der Waals surface area (Å²) in [5, 5.41) is 0. The highest BCUT2D eigenvalue weighted by Gasteiger charge is 2.27. The number of nitrogens with zero attached hydrogens (tertiary/aromatic N) is 3. The Hall–Kier alpha value is -1.91. The van der Waals surface area contributed by atoms with Gasteiger partial charge >= 0.3 is 6.01 Å². The topological polar surface area (TPSA) is 55.3 Å². The van der Waals surface area contributed by atoms with Crippen LogP contribution in [0.5, 0.6) is 6.01 Å². The molecule has 108 valence electrons. The van der Waals surface area contributed by atoms with Gasteiger partial charge in [-0.05, 0) is 26.3 Å². The zero-order valence-electron chi connectivity index (χ0n) is 12.1. The van der Waals surface area contributed by atoms with Crippen LogP contribution in [0, 0.1) is 13.8 Å². The van der Waals surface area contributed by atoms with E-state index in [1.54, 1.807) is 6.08 Å². The van der Waals surface area contributed by atoms with Gasteiger partial charge in [0.05, 0.1) is 6.54 Å². The molecule has 1 amide bonds. The monoisotopic (exact) mass is 275 g/mol. The van der Waals surface area contributed by atoms with Crippen LogP contribution in [0.15, 0.2) is 18.7 Å². The molecule has 1 fully saturated rings. The van der Waals surface area contributed by atoms with E-state index in [-0.39, 0.29) is 12.0 Å². The predicted molar refractivity (Wildman–Crippen MR) is 76.6 cm³/mol. The van der Waals surface area contributed by atoms with E-state index in [0.29, 0.717) is 19.0 Å². The molecule has 1 aliphatic heterocycles. The normalized spacial score (nSPS) is 18.1. The van der Waals surface area contributed by atoms with Gasteiger partial charge in [-0.15, -0.1) is 6.58 Å². The first-order valence-corrected chi connectivity index (χ1v) is 6.96. The maximum atomic E-state index is 11.9. The van der Waals surface area contributed by atoms with Crippen molar-refractivity contribution in [3.05, 3.63) is 30.1 Å². The quantitative estimate of drug-likeness (QED) is 0.772. The molecule has 1 aliphatic rings. The molecule has 1 saturated heterocycles.